The summed E-state index contributed by atoms with van der Waals surface area (Å²) < 4.78 is 10.7. The first-order chi connectivity index (χ1) is 12.2. The third-order valence-electron chi connectivity index (χ3n) is 4.43. The van der Waals surface area contributed by atoms with Gasteiger partial charge < -0.3 is 14.6 Å². The summed E-state index contributed by atoms with van der Waals surface area (Å²) in [6.45, 7) is 2.58. The van der Waals surface area contributed by atoms with Crippen LogP contribution >= 0.6 is 0 Å². The van der Waals surface area contributed by atoms with Crippen molar-refractivity contribution in [2.24, 2.45) is 0 Å². The molecular formula is C19H25N3O3. The van der Waals surface area contributed by atoms with E-state index in [1.54, 1.807) is 0 Å². The molecular weight excluding hydrogens is 318 g/mol. The fourth-order valence-electron chi connectivity index (χ4n) is 3.11. The lowest BCUT2D eigenvalue weighted by Gasteiger charge is -2.22. The Morgan fingerprint density at radius 2 is 2.00 bits per heavy atom. The third-order valence-corrected chi connectivity index (χ3v) is 4.43. The molecule has 0 saturated heterocycles. The van der Waals surface area contributed by atoms with Gasteiger partial charge in [0.15, 0.2) is 0 Å². The lowest BCUT2D eigenvalue weighted by Crippen LogP contribution is -2.36. The number of hydrogen-bond donors (Lipinski definition) is 1. The minimum Gasteiger partial charge on any atom is -0.494 e. The van der Waals surface area contributed by atoms with Gasteiger partial charge in [-0.15, -0.1) is 0 Å². The van der Waals surface area contributed by atoms with Crippen LogP contribution in [-0.2, 0) is 11.2 Å². The van der Waals surface area contributed by atoms with E-state index in [0.29, 0.717) is 37.2 Å². The molecule has 134 valence electrons. The van der Waals surface area contributed by atoms with Crippen LogP contribution in [0.4, 0.5) is 0 Å². The Balaban J connectivity index is 1.50. The number of hydrogen-bond acceptors (Lipinski definition) is 5. The molecule has 3 rings (SSSR count). The summed E-state index contributed by atoms with van der Waals surface area (Å²) >= 11 is 0. The van der Waals surface area contributed by atoms with Crippen LogP contribution in [0.3, 0.4) is 0 Å². The van der Waals surface area contributed by atoms with Gasteiger partial charge in [-0.05, 0) is 44.0 Å². The number of carbonyl (C=O) groups excluding carboxylic acids is 1. The molecule has 1 aromatic carbocycles. The Morgan fingerprint density at radius 1 is 1.24 bits per heavy atom. The van der Waals surface area contributed by atoms with Crippen molar-refractivity contribution in [2.45, 2.75) is 57.9 Å². The SMILES string of the molecule is CCOc1ccc(-c2noc(CCC(=O)NC3CCCCC3)n2)cc1. The van der Waals surface area contributed by atoms with Crippen LogP contribution in [0, 0.1) is 0 Å². The van der Waals surface area contributed by atoms with Crippen molar-refractivity contribution in [3.05, 3.63) is 30.2 Å². The molecule has 0 bridgehead atoms. The zero-order valence-electron chi connectivity index (χ0n) is 14.7. The van der Waals surface area contributed by atoms with Gasteiger partial charge in [0.05, 0.1) is 6.61 Å². The van der Waals surface area contributed by atoms with Crippen LogP contribution in [0.2, 0.25) is 0 Å². The van der Waals surface area contributed by atoms with E-state index in [0.717, 1.165) is 24.2 Å². The summed E-state index contributed by atoms with van der Waals surface area (Å²) in [6, 6.07) is 7.90. The molecule has 0 spiro atoms. The zero-order chi connectivity index (χ0) is 17.5. The fraction of sp³-hybridized carbons (Fsp3) is 0.526. The van der Waals surface area contributed by atoms with E-state index in [1.165, 1.54) is 19.3 Å². The van der Waals surface area contributed by atoms with Crippen LogP contribution in [0.5, 0.6) is 5.75 Å². The lowest BCUT2D eigenvalue weighted by molar-refractivity contribution is -0.122. The summed E-state index contributed by atoms with van der Waals surface area (Å²) in [6.07, 6.45) is 6.72. The van der Waals surface area contributed by atoms with Crippen molar-refractivity contribution < 1.29 is 14.1 Å². The number of aromatic nitrogens is 2. The zero-order valence-corrected chi connectivity index (χ0v) is 14.7. The third kappa shape index (κ3) is 5.05. The second-order valence-corrected chi connectivity index (χ2v) is 6.37. The summed E-state index contributed by atoms with van der Waals surface area (Å²) in [5.41, 5.74) is 0.866. The first-order valence-electron chi connectivity index (χ1n) is 9.10. The number of nitrogens with zero attached hydrogens (tertiary/aromatic N) is 2. The molecule has 1 amide bonds. The van der Waals surface area contributed by atoms with E-state index in [9.17, 15) is 4.79 Å². The quantitative estimate of drug-likeness (QED) is 0.832. The highest BCUT2D eigenvalue weighted by atomic mass is 16.5. The van der Waals surface area contributed by atoms with Crippen LogP contribution in [0.15, 0.2) is 28.8 Å². The fourth-order valence-corrected chi connectivity index (χ4v) is 3.11. The second kappa shape index (κ2) is 8.65. The molecule has 1 fully saturated rings. The number of nitrogens with one attached hydrogen (secondary N) is 1. The number of rotatable bonds is 7. The average Bonchev–Trinajstić information content (AvgIpc) is 3.11. The second-order valence-electron chi connectivity index (χ2n) is 6.37. The van der Waals surface area contributed by atoms with Crippen LogP contribution in [0.25, 0.3) is 11.4 Å². The Morgan fingerprint density at radius 3 is 2.72 bits per heavy atom. The molecule has 1 aliphatic rings. The van der Waals surface area contributed by atoms with E-state index in [-0.39, 0.29) is 5.91 Å². The van der Waals surface area contributed by atoms with E-state index in [2.05, 4.69) is 15.5 Å². The highest BCUT2D eigenvalue weighted by Gasteiger charge is 2.16. The molecule has 1 saturated carbocycles. The average molecular weight is 343 g/mol. The summed E-state index contributed by atoms with van der Waals surface area (Å²) in [7, 11) is 0. The topological polar surface area (TPSA) is 77.2 Å². The molecule has 1 aliphatic carbocycles. The van der Waals surface area contributed by atoms with Gasteiger partial charge in [0.1, 0.15) is 5.75 Å². The number of aryl methyl sites for hydroxylation is 1. The maximum atomic E-state index is 12.0. The van der Waals surface area contributed by atoms with Gasteiger partial charge in [-0.3, -0.25) is 4.79 Å². The number of amides is 1. The van der Waals surface area contributed by atoms with Crippen LogP contribution in [0.1, 0.15) is 51.3 Å². The maximum absolute atomic E-state index is 12.0. The van der Waals surface area contributed by atoms with Gasteiger partial charge in [0.25, 0.3) is 0 Å². The van der Waals surface area contributed by atoms with Gasteiger partial charge in [-0.25, -0.2) is 0 Å². The molecule has 25 heavy (non-hydrogen) atoms. The first-order valence-corrected chi connectivity index (χ1v) is 9.10. The van der Waals surface area contributed by atoms with Crippen LogP contribution in [-0.4, -0.2) is 28.7 Å². The maximum Gasteiger partial charge on any atom is 0.227 e. The Kier molecular flexibility index (Phi) is 6.04. The van der Waals surface area contributed by atoms with Crippen molar-refractivity contribution in [3.63, 3.8) is 0 Å². The van der Waals surface area contributed by atoms with Gasteiger partial charge >= 0.3 is 0 Å². The minimum atomic E-state index is 0.0627. The predicted octanol–water partition coefficient (Wildman–Crippen LogP) is 3.52. The van der Waals surface area contributed by atoms with Gasteiger partial charge in [0.2, 0.25) is 17.6 Å². The molecule has 6 heteroatoms. The van der Waals surface area contributed by atoms with Gasteiger partial charge in [-0.2, -0.15) is 4.98 Å². The largest absolute Gasteiger partial charge is 0.494 e. The molecule has 1 heterocycles. The molecule has 0 atom stereocenters. The van der Waals surface area contributed by atoms with Crippen LogP contribution < -0.4 is 10.1 Å². The van der Waals surface area contributed by atoms with Gasteiger partial charge in [-0.1, -0.05) is 24.4 Å². The molecule has 1 aromatic heterocycles. The van der Waals surface area contributed by atoms with E-state index >= 15 is 0 Å². The molecule has 0 radical (unpaired) electrons. The number of carbonyl (C=O) groups is 1. The van der Waals surface area contributed by atoms with Crippen molar-refractivity contribution in [3.8, 4) is 17.1 Å². The Labute approximate surface area is 148 Å². The van der Waals surface area contributed by atoms with Crippen molar-refractivity contribution in [1.29, 1.82) is 0 Å². The monoisotopic (exact) mass is 343 g/mol. The minimum absolute atomic E-state index is 0.0627. The summed E-state index contributed by atoms with van der Waals surface area (Å²) in [4.78, 5) is 16.4. The normalized spacial score (nSPS) is 15.1. The first kappa shape index (κ1) is 17.5. The molecule has 0 aliphatic heterocycles. The molecule has 2 aromatic rings. The standard InChI is InChI=1S/C19H25N3O3/c1-2-24-16-10-8-14(9-11-16)19-21-18(25-22-19)13-12-17(23)20-15-6-4-3-5-7-15/h8-11,15H,2-7,12-13H2,1H3,(H,20,23). The molecule has 6 nitrogen and oxygen atoms in total. The highest BCUT2D eigenvalue weighted by Crippen LogP contribution is 2.20. The number of benzene rings is 1. The van der Waals surface area contributed by atoms with E-state index in [1.807, 2.05) is 31.2 Å². The highest BCUT2D eigenvalue weighted by molar-refractivity contribution is 5.76. The molecule has 0 unspecified atom stereocenters. The van der Waals surface area contributed by atoms with Gasteiger partial charge in [0, 0.05) is 24.4 Å². The summed E-state index contributed by atoms with van der Waals surface area (Å²) in [5.74, 6) is 1.90. The lowest BCUT2D eigenvalue weighted by atomic mass is 9.95. The smallest absolute Gasteiger partial charge is 0.227 e. The van der Waals surface area contributed by atoms with E-state index < -0.39 is 0 Å². The summed E-state index contributed by atoms with van der Waals surface area (Å²) in [5, 5.41) is 7.10. The Hall–Kier alpha value is -2.37. The molecule has 1 N–H and O–H groups in total. The predicted molar refractivity (Wildman–Crippen MR) is 94.2 cm³/mol. The van der Waals surface area contributed by atoms with Crippen molar-refractivity contribution >= 4 is 5.91 Å². The number of ether oxygens (including phenoxy) is 1. The van der Waals surface area contributed by atoms with Crippen molar-refractivity contribution in [1.82, 2.24) is 15.5 Å². The van der Waals surface area contributed by atoms with Crippen molar-refractivity contribution in [2.75, 3.05) is 6.61 Å². The Bertz CT molecular complexity index is 675. The van der Waals surface area contributed by atoms with E-state index in [4.69, 9.17) is 9.26 Å².